The van der Waals surface area contributed by atoms with Gasteiger partial charge in [0.15, 0.2) is 0 Å². The summed E-state index contributed by atoms with van der Waals surface area (Å²) < 4.78 is 12.7. The van der Waals surface area contributed by atoms with E-state index >= 15 is 0 Å². The van der Waals surface area contributed by atoms with Crippen molar-refractivity contribution in [1.82, 2.24) is 0 Å². The maximum Gasteiger partial charge on any atom is 0.0985 e. The van der Waals surface area contributed by atoms with Crippen LogP contribution in [0.2, 0.25) is 0 Å². The minimum atomic E-state index is -0.392. The van der Waals surface area contributed by atoms with Crippen molar-refractivity contribution in [3.8, 4) is 0 Å². The first kappa shape index (κ1) is 11.2. The lowest BCUT2D eigenvalue weighted by Gasteiger charge is -2.21. The molecule has 0 spiro atoms. The van der Waals surface area contributed by atoms with Crippen molar-refractivity contribution in [2.45, 2.75) is 32.2 Å². The van der Waals surface area contributed by atoms with E-state index in [1.54, 1.807) is 0 Å². The molecule has 1 nitrogen and oxygen atoms in total. The molecule has 1 unspecified atom stereocenters. The lowest BCUT2D eigenvalue weighted by Crippen LogP contribution is -2.19. The molecule has 78 valence electrons. The zero-order valence-electron chi connectivity index (χ0n) is 9.05. The average molecular weight is 195 g/mol. The van der Waals surface area contributed by atoms with Crippen LogP contribution >= 0.6 is 0 Å². The maximum absolute atomic E-state index is 12.7. The summed E-state index contributed by atoms with van der Waals surface area (Å²) in [5.74, 6) is 0. The van der Waals surface area contributed by atoms with Crippen LogP contribution in [0.4, 0.5) is 4.39 Å². The quantitative estimate of drug-likeness (QED) is 0.788. The molecule has 1 aromatic rings. The van der Waals surface area contributed by atoms with Gasteiger partial charge in [-0.05, 0) is 18.1 Å². The normalized spacial score (nSPS) is 14.1. The van der Waals surface area contributed by atoms with E-state index in [9.17, 15) is 4.39 Å². The van der Waals surface area contributed by atoms with Crippen molar-refractivity contribution in [2.24, 2.45) is 5.73 Å². The van der Waals surface area contributed by atoms with Crippen LogP contribution in [0, 0.1) is 0 Å². The van der Waals surface area contributed by atoms with Gasteiger partial charge in [-0.25, -0.2) is 0 Å². The van der Waals surface area contributed by atoms with Gasteiger partial charge in [-0.15, -0.1) is 0 Å². The molecule has 0 aliphatic carbocycles. The fourth-order valence-corrected chi connectivity index (χ4v) is 1.32. The Hall–Kier alpha value is -0.890. The Morgan fingerprint density at radius 1 is 1.29 bits per heavy atom. The van der Waals surface area contributed by atoms with Crippen LogP contribution in [0.3, 0.4) is 0 Å². The molecule has 0 amide bonds. The van der Waals surface area contributed by atoms with Gasteiger partial charge in [-0.1, -0.05) is 38.1 Å². The van der Waals surface area contributed by atoms with Gasteiger partial charge in [-0.3, -0.25) is 4.39 Å². The Labute approximate surface area is 85.1 Å². The van der Waals surface area contributed by atoms with Crippen molar-refractivity contribution in [2.75, 3.05) is 6.67 Å². The van der Waals surface area contributed by atoms with Gasteiger partial charge >= 0.3 is 0 Å². The van der Waals surface area contributed by atoms with Gasteiger partial charge in [0.05, 0.1) is 6.67 Å². The van der Waals surface area contributed by atoms with Crippen LogP contribution in [-0.2, 0) is 5.41 Å². The van der Waals surface area contributed by atoms with E-state index in [2.05, 4.69) is 0 Å². The van der Waals surface area contributed by atoms with E-state index in [1.807, 2.05) is 45.0 Å². The smallest absolute Gasteiger partial charge is 0.0985 e. The summed E-state index contributed by atoms with van der Waals surface area (Å²) in [6, 6.07) is 7.89. The van der Waals surface area contributed by atoms with Crippen LogP contribution in [0.25, 0.3) is 0 Å². The molecule has 0 aliphatic heterocycles. The minimum absolute atomic E-state index is 0.0394. The molecule has 0 saturated carbocycles. The number of hydrogen-bond donors (Lipinski definition) is 1. The summed E-state index contributed by atoms with van der Waals surface area (Å²) in [5, 5.41) is 0. The van der Waals surface area contributed by atoms with Gasteiger partial charge in [0, 0.05) is 11.5 Å². The lowest BCUT2D eigenvalue weighted by atomic mass is 9.85. The Morgan fingerprint density at radius 3 is 2.14 bits per heavy atom. The molecule has 2 N–H and O–H groups in total. The van der Waals surface area contributed by atoms with Gasteiger partial charge in [0.2, 0.25) is 0 Å². The first-order valence-corrected chi connectivity index (χ1v) is 4.89. The van der Waals surface area contributed by atoms with E-state index in [0.717, 1.165) is 11.1 Å². The second-order valence-corrected chi connectivity index (χ2v) is 4.43. The summed E-state index contributed by atoms with van der Waals surface area (Å²) in [7, 11) is 0. The van der Waals surface area contributed by atoms with Crippen LogP contribution < -0.4 is 5.73 Å². The second kappa shape index (κ2) is 4.09. The Balaban J connectivity index is 2.94. The van der Waals surface area contributed by atoms with Crippen molar-refractivity contribution in [3.63, 3.8) is 0 Å². The third-order valence-corrected chi connectivity index (χ3v) is 2.55. The number of hydrogen-bond acceptors (Lipinski definition) is 1. The molecular formula is C12H18FN. The van der Waals surface area contributed by atoms with Gasteiger partial charge in [0.1, 0.15) is 0 Å². The molecule has 0 bridgehead atoms. The van der Waals surface area contributed by atoms with E-state index in [0.29, 0.717) is 0 Å². The van der Waals surface area contributed by atoms with Crippen molar-refractivity contribution in [3.05, 3.63) is 35.4 Å². The summed E-state index contributed by atoms with van der Waals surface area (Å²) in [6.07, 6.45) is 0. The highest BCUT2D eigenvalue weighted by Gasteiger charge is 2.19. The fraction of sp³-hybridized carbons (Fsp3) is 0.500. The number of halogens is 1. The molecule has 1 atom stereocenters. The second-order valence-electron chi connectivity index (χ2n) is 4.43. The molecule has 0 aromatic heterocycles. The standard InChI is InChI=1S/C12H18FN/c1-9(14)10-4-6-11(7-5-10)12(2,3)8-13/h4-7,9H,8,14H2,1-3H3. The molecule has 14 heavy (non-hydrogen) atoms. The van der Waals surface area contributed by atoms with Crippen LogP contribution in [0.15, 0.2) is 24.3 Å². The maximum atomic E-state index is 12.7. The number of nitrogens with two attached hydrogens (primary N) is 1. The molecule has 2 heteroatoms. The van der Waals surface area contributed by atoms with Crippen LogP contribution in [0.1, 0.15) is 37.9 Å². The lowest BCUT2D eigenvalue weighted by molar-refractivity contribution is 0.351. The van der Waals surface area contributed by atoms with Crippen LogP contribution in [0.5, 0.6) is 0 Å². The summed E-state index contributed by atoms with van der Waals surface area (Å²) >= 11 is 0. The fourth-order valence-electron chi connectivity index (χ4n) is 1.32. The molecular weight excluding hydrogens is 177 g/mol. The molecule has 0 aliphatic rings. The summed E-state index contributed by atoms with van der Waals surface area (Å²) in [6.45, 7) is 5.39. The van der Waals surface area contributed by atoms with E-state index in [-0.39, 0.29) is 12.7 Å². The number of alkyl halides is 1. The highest BCUT2D eigenvalue weighted by atomic mass is 19.1. The largest absolute Gasteiger partial charge is 0.324 e. The minimum Gasteiger partial charge on any atom is -0.324 e. The third-order valence-electron chi connectivity index (χ3n) is 2.55. The number of rotatable bonds is 3. The highest BCUT2D eigenvalue weighted by Crippen LogP contribution is 2.24. The van der Waals surface area contributed by atoms with E-state index in [4.69, 9.17) is 5.73 Å². The van der Waals surface area contributed by atoms with Crippen molar-refractivity contribution in [1.29, 1.82) is 0 Å². The predicted octanol–water partition coefficient (Wildman–Crippen LogP) is 2.95. The monoisotopic (exact) mass is 195 g/mol. The van der Waals surface area contributed by atoms with E-state index in [1.165, 1.54) is 0 Å². The van der Waals surface area contributed by atoms with Gasteiger partial charge in [0.25, 0.3) is 0 Å². The Morgan fingerprint density at radius 2 is 1.79 bits per heavy atom. The average Bonchev–Trinajstić information content (AvgIpc) is 2.18. The Bertz CT molecular complexity index is 288. The molecule has 1 rings (SSSR count). The zero-order valence-corrected chi connectivity index (χ0v) is 9.05. The highest BCUT2D eigenvalue weighted by molar-refractivity contribution is 5.29. The topological polar surface area (TPSA) is 26.0 Å². The molecule has 1 aromatic carbocycles. The van der Waals surface area contributed by atoms with Gasteiger partial charge < -0.3 is 5.73 Å². The SMILES string of the molecule is CC(N)c1ccc(C(C)(C)CF)cc1. The van der Waals surface area contributed by atoms with Gasteiger partial charge in [-0.2, -0.15) is 0 Å². The first-order valence-electron chi connectivity index (χ1n) is 4.89. The summed E-state index contributed by atoms with van der Waals surface area (Å²) in [5.41, 5.74) is 7.44. The predicted molar refractivity (Wildman–Crippen MR) is 58.0 cm³/mol. The third kappa shape index (κ3) is 2.32. The molecule has 0 saturated heterocycles. The van der Waals surface area contributed by atoms with Crippen molar-refractivity contribution >= 4 is 0 Å². The molecule has 0 heterocycles. The first-order chi connectivity index (χ1) is 6.47. The van der Waals surface area contributed by atoms with Crippen molar-refractivity contribution < 1.29 is 4.39 Å². The van der Waals surface area contributed by atoms with E-state index < -0.39 is 5.41 Å². The van der Waals surface area contributed by atoms with Crippen LogP contribution in [-0.4, -0.2) is 6.67 Å². The zero-order chi connectivity index (χ0) is 10.8. The molecule has 0 radical (unpaired) electrons. The summed E-state index contributed by atoms with van der Waals surface area (Å²) in [4.78, 5) is 0. The molecule has 0 fully saturated rings. The Kier molecular flexibility index (Phi) is 3.27. The number of benzene rings is 1.